The molecule has 0 unspecified atom stereocenters. The Morgan fingerprint density at radius 2 is 2.00 bits per heavy atom. The zero-order valence-corrected chi connectivity index (χ0v) is 9.51. The van der Waals surface area contributed by atoms with Crippen LogP contribution in [0.3, 0.4) is 0 Å². The van der Waals surface area contributed by atoms with Crippen LogP contribution < -0.4 is 4.42 Å². The topological polar surface area (TPSA) is 23.6 Å². The second-order valence-corrected chi connectivity index (χ2v) is 3.80. The molecule has 6 heteroatoms. The second-order valence-electron chi connectivity index (χ2n) is 2.52. The first-order valence-corrected chi connectivity index (χ1v) is 4.72. The van der Waals surface area contributed by atoms with Crippen molar-refractivity contribution in [2.45, 2.75) is 0 Å². The van der Waals surface area contributed by atoms with Crippen molar-refractivity contribution >= 4 is 46.9 Å². The van der Waals surface area contributed by atoms with Crippen LogP contribution in [0.15, 0.2) is 24.3 Å². The Bertz CT molecular complexity index is 343. The Morgan fingerprint density at radius 1 is 1.36 bits per heavy atom. The largest absolute Gasteiger partial charge is 0.353 e. The van der Waals surface area contributed by atoms with Gasteiger partial charge in [-0.3, -0.25) is 0 Å². The van der Waals surface area contributed by atoms with Gasteiger partial charge < -0.3 is 0 Å². The fourth-order valence-corrected chi connectivity index (χ4v) is 1.35. The van der Waals surface area contributed by atoms with E-state index in [1.165, 1.54) is 7.05 Å². The standard InChI is InChI=1S/C8H7Cl3N2O/c1-12(10)8(14)13(11)7-4-2-3-6(9)5-7/h2-5H,1H3. The van der Waals surface area contributed by atoms with E-state index in [0.717, 1.165) is 8.84 Å². The van der Waals surface area contributed by atoms with Crippen LogP contribution in [-0.2, 0) is 0 Å². The minimum absolute atomic E-state index is 0.469. The number of nitrogens with zero attached hydrogens (tertiary/aromatic N) is 2. The molecule has 3 nitrogen and oxygen atoms in total. The molecule has 1 aromatic carbocycles. The molecule has 0 atom stereocenters. The van der Waals surface area contributed by atoms with E-state index in [-0.39, 0.29) is 0 Å². The fraction of sp³-hybridized carbons (Fsp3) is 0.125. The number of carbonyl (C=O) groups is 1. The zero-order valence-electron chi connectivity index (χ0n) is 7.25. The number of carbonyl (C=O) groups excluding carboxylic acids is 1. The predicted octanol–water partition coefficient (Wildman–Crippen LogP) is 3.51. The van der Waals surface area contributed by atoms with E-state index < -0.39 is 6.03 Å². The Hall–Kier alpha value is -0.640. The first-order valence-electron chi connectivity index (χ1n) is 3.67. The molecular weight excluding hydrogens is 246 g/mol. The number of rotatable bonds is 1. The Morgan fingerprint density at radius 3 is 2.50 bits per heavy atom. The van der Waals surface area contributed by atoms with Crippen molar-refractivity contribution in [1.29, 1.82) is 0 Å². The van der Waals surface area contributed by atoms with Gasteiger partial charge in [0.05, 0.1) is 5.69 Å². The minimum Gasteiger partial charge on any atom is -0.245 e. The van der Waals surface area contributed by atoms with E-state index in [9.17, 15) is 4.79 Å². The summed E-state index contributed by atoms with van der Waals surface area (Å²) in [5.41, 5.74) is 0.469. The number of halogens is 3. The number of urea groups is 1. The first-order chi connectivity index (χ1) is 6.52. The Kier molecular flexibility index (Phi) is 3.86. The van der Waals surface area contributed by atoms with Gasteiger partial charge in [0.15, 0.2) is 0 Å². The molecule has 0 bridgehead atoms. The summed E-state index contributed by atoms with van der Waals surface area (Å²) in [5, 5.41) is 0.498. The molecule has 0 saturated heterocycles. The minimum atomic E-state index is -0.546. The van der Waals surface area contributed by atoms with Crippen molar-refractivity contribution in [3.05, 3.63) is 29.3 Å². The molecule has 0 radical (unpaired) electrons. The van der Waals surface area contributed by atoms with E-state index >= 15 is 0 Å². The van der Waals surface area contributed by atoms with Crippen LogP contribution in [0.4, 0.5) is 10.5 Å². The lowest BCUT2D eigenvalue weighted by Crippen LogP contribution is -2.29. The van der Waals surface area contributed by atoms with Crippen molar-refractivity contribution in [3.63, 3.8) is 0 Å². The number of amides is 2. The van der Waals surface area contributed by atoms with Crippen molar-refractivity contribution in [2.24, 2.45) is 0 Å². The van der Waals surface area contributed by atoms with E-state index in [1.807, 2.05) is 0 Å². The highest BCUT2D eigenvalue weighted by Gasteiger charge is 2.16. The highest BCUT2D eigenvalue weighted by atomic mass is 35.5. The van der Waals surface area contributed by atoms with E-state index in [2.05, 4.69) is 0 Å². The lowest BCUT2D eigenvalue weighted by molar-refractivity contribution is 0.239. The van der Waals surface area contributed by atoms with Crippen LogP contribution in [0.1, 0.15) is 0 Å². The lowest BCUT2D eigenvalue weighted by Gasteiger charge is -2.16. The predicted molar refractivity (Wildman–Crippen MR) is 58.8 cm³/mol. The first kappa shape index (κ1) is 11.4. The lowest BCUT2D eigenvalue weighted by atomic mass is 10.3. The SMILES string of the molecule is CN(Cl)C(=O)N(Cl)c1cccc(Cl)c1. The Labute approximate surface area is 97.0 Å². The summed E-state index contributed by atoms with van der Waals surface area (Å²) in [4.78, 5) is 11.3. The molecule has 0 aliphatic rings. The highest BCUT2D eigenvalue weighted by Crippen LogP contribution is 2.22. The number of hydrogen-bond acceptors (Lipinski definition) is 1. The van der Waals surface area contributed by atoms with Crippen molar-refractivity contribution in [2.75, 3.05) is 11.5 Å². The maximum absolute atomic E-state index is 11.3. The monoisotopic (exact) mass is 252 g/mol. The molecule has 0 heterocycles. The van der Waals surface area contributed by atoms with E-state index in [4.69, 9.17) is 35.2 Å². The maximum atomic E-state index is 11.3. The van der Waals surface area contributed by atoms with Gasteiger partial charge in [0.25, 0.3) is 0 Å². The molecule has 0 saturated carbocycles. The van der Waals surface area contributed by atoms with Crippen LogP contribution in [0, 0.1) is 0 Å². The van der Waals surface area contributed by atoms with Gasteiger partial charge in [-0.1, -0.05) is 17.7 Å². The molecule has 0 aliphatic heterocycles. The van der Waals surface area contributed by atoms with Gasteiger partial charge in [0.1, 0.15) is 0 Å². The van der Waals surface area contributed by atoms with Crippen LogP contribution >= 0.6 is 35.2 Å². The molecular formula is C8H7Cl3N2O. The molecule has 1 aromatic rings. The second kappa shape index (κ2) is 4.73. The summed E-state index contributed by atoms with van der Waals surface area (Å²) in [6.45, 7) is 0. The van der Waals surface area contributed by atoms with Crippen LogP contribution in [-0.4, -0.2) is 17.5 Å². The van der Waals surface area contributed by atoms with Gasteiger partial charge in [-0.15, -0.1) is 0 Å². The summed E-state index contributed by atoms with van der Waals surface area (Å²) in [6.07, 6.45) is 0. The van der Waals surface area contributed by atoms with Gasteiger partial charge in [-0.25, -0.2) is 13.6 Å². The van der Waals surface area contributed by atoms with Crippen molar-refractivity contribution in [3.8, 4) is 0 Å². The summed E-state index contributed by atoms with van der Waals surface area (Å²) in [5.74, 6) is 0. The van der Waals surface area contributed by atoms with Crippen molar-refractivity contribution < 1.29 is 4.79 Å². The third-order valence-corrected chi connectivity index (χ3v) is 2.19. The summed E-state index contributed by atoms with van der Waals surface area (Å²) >= 11 is 16.9. The Balaban J connectivity index is 2.89. The fourth-order valence-electron chi connectivity index (χ4n) is 0.830. The van der Waals surface area contributed by atoms with Gasteiger partial charge in [0.2, 0.25) is 0 Å². The van der Waals surface area contributed by atoms with Crippen LogP contribution in [0.25, 0.3) is 0 Å². The van der Waals surface area contributed by atoms with E-state index in [0.29, 0.717) is 10.7 Å². The quantitative estimate of drug-likeness (QED) is 0.703. The smallest absolute Gasteiger partial charge is 0.245 e. The molecule has 0 aliphatic carbocycles. The summed E-state index contributed by atoms with van der Waals surface area (Å²) in [6, 6.07) is 6.04. The molecule has 14 heavy (non-hydrogen) atoms. The van der Waals surface area contributed by atoms with Gasteiger partial charge in [0, 0.05) is 35.6 Å². The van der Waals surface area contributed by atoms with Crippen molar-refractivity contribution in [1.82, 2.24) is 4.42 Å². The number of benzene rings is 1. The summed E-state index contributed by atoms with van der Waals surface area (Å²) < 4.78 is 1.74. The van der Waals surface area contributed by atoms with Gasteiger partial charge in [-0.2, -0.15) is 0 Å². The van der Waals surface area contributed by atoms with Crippen LogP contribution in [0.5, 0.6) is 0 Å². The van der Waals surface area contributed by atoms with Gasteiger partial charge >= 0.3 is 6.03 Å². The normalized spacial score (nSPS) is 9.71. The molecule has 2 amide bonds. The number of anilines is 1. The average Bonchev–Trinajstić information content (AvgIpc) is 2.15. The third-order valence-electron chi connectivity index (χ3n) is 1.47. The third kappa shape index (κ3) is 2.67. The molecule has 0 fully saturated rings. The highest BCUT2D eigenvalue weighted by molar-refractivity contribution is 6.39. The van der Waals surface area contributed by atoms with E-state index in [1.54, 1.807) is 24.3 Å². The maximum Gasteiger partial charge on any atom is 0.353 e. The molecule has 1 rings (SSSR count). The van der Waals surface area contributed by atoms with Crippen LogP contribution in [0.2, 0.25) is 5.02 Å². The zero-order chi connectivity index (χ0) is 10.7. The summed E-state index contributed by atoms with van der Waals surface area (Å²) in [7, 11) is 1.39. The average molecular weight is 254 g/mol. The molecule has 0 spiro atoms. The molecule has 0 aromatic heterocycles. The molecule has 0 N–H and O–H groups in total. The number of hydrogen-bond donors (Lipinski definition) is 0. The molecule has 76 valence electrons. The van der Waals surface area contributed by atoms with Gasteiger partial charge in [-0.05, 0) is 18.2 Å².